The largest absolute Gasteiger partial charge is 0.342 e. The summed E-state index contributed by atoms with van der Waals surface area (Å²) >= 11 is 0. The van der Waals surface area contributed by atoms with Gasteiger partial charge in [-0.05, 0) is 51.7 Å². The summed E-state index contributed by atoms with van der Waals surface area (Å²) in [5.74, 6) is 0.942. The van der Waals surface area contributed by atoms with Crippen molar-refractivity contribution in [2.24, 2.45) is 17.1 Å². The van der Waals surface area contributed by atoms with Crippen molar-refractivity contribution in [3.63, 3.8) is 0 Å². The summed E-state index contributed by atoms with van der Waals surface area (Å²) in [4.78, 5) is 17.1. The quantitative estimate of drug-likeness (QED) is 0.703. The van der Waals surface area contributed by atoms with E-state index in [2.05, 4.69) is 32.6 Å². The minimum absolute atomic E-state index is 0.245. The van der Waals surface area contributed by atoms with Crippen molar-refractivity contribution in [2.75, 3.05) is 39.3 Å². The maximum Gasteiger partial charge on any atom is 0.230 e. The molecular formula is C16H33N3O. The first-order chi connectivity index (χ1) is 9.52. The Morgan fingerprint density at radius 1 is 1.15 bits per heavy atom. The number of carbonyl (C=O) groups excluding carboxylic acids is 1. The van der Waals surface area contributed by atoms with Crippen molar-refractivity contribution < 1.29 is 4.79 Å². The van der Waals surface area contributed by atoms with Gasteiger partial charge in [0.1, 0.15) is 0 Å². The number of hydrogen-bond donors (Lipinski definition) is 1. The molecule has 2 N–H and O–H groups in total. The molecule has 20 heavy (non-hydrogen) atoms. The van der Waals surface area contributed by atoms with Crippen LogP contribution in [0.3, 0.4) is 0 Å². The molecular weight excluding hydrogens is 250 g/mol. The Morgan fingerprint density at radius 2 is 1.75 bits per heavy atom. The molecule has 0 aromatic heterocycles. The van der Waals surface area contributed by atoms with Crippen molar-refractivity contribution in [3.8, 4) is 0 Å². The van der Waals surface area contributed by atoms with Crippen LogP contribution in [0.25, 0.3) is 0 Å². The van der Waals surface area contributed by atoms with Gasteiger partial charge >= 0.3 is 0 Å². The Labute approximate surface area is 124 Å². The molecule has 0 heterocycles. The maximum absolute atomic E-state index is 12.7. The fraction of sp³-hybridized carbons (Fsp3) is 0.938. The molecule has 4 nitrogen and oxygen atoms in total. The van der Waals surface area contributed by atoms with Crippen molar-refractivity contribution in [1.82, 2.24) is 9.80 Å². The third-order valence-corrected chi connectivity index (χ3v) is 4.79. The van der Waals surface area contributed by atoms with Crippen LogP contribution >= 0.6 is 0 Å². The highest BCUT2D eigenvalue weighted by molar-refractivity contribution is 5.84. The van der Waals surface area contributed by atoms with E-state index < -0.39 is 0 Å². The first kappa shape index (κ1) is 17.4. The summed E-state index contributed by atoms with van der Waals surface area (Å²) in [7, 11) is 0. The average molecular weight is 283 g/mol. The van der Waals surface area contributed by atoms with Crippen molar-refractivity contribution >= 4 is 5.91 Å². The molecule has 0 unspecified atom stereocenters. The fourth-order valence-electron chi connectivity index (χ4n) is 3.47. The molecule has 1 amide bonds. The Hall–Kier alpha value is -0.610. The zero-order valence-electron chi connectivity index (χ0n) is 13.8. The number of rotatable bonds is 9. The van der Waals surface area contributed by atoms with Gasteiger partial charge in [0.15, 0.2) is 0 Å². The fourth-order valence-corrected chi connectivity index (χ4v) is 3.47. The minimum atomic E-state index is -0.245. The molecule has 1 aliphatic rings. The van der Waals surface area contributed by atoms with Crippen LogP contribution in [0, 0.1) is 11.3 Å². The van der Waals surface area contributed by atoms with E-state index in [4.69, 9.17) is 5.73 Å². The zero-order chi connectivity index (χ0) is 15.2. The normalized spacial score (nSPS) is 25.6. The molecule has 1 rings (SSSR count). The van der Waals surface area contributed by atoms with E-state index in [0.717, 1.165) is 52.0 Å². The lowest BCUT2D eigenvalue weighted by Crippen LogP contribution is -2.55. The van der Waals surface area contributed by atoms with Crippen LogP contribution in [0.5, 0.6) is 0 Å². The smallest absolute Gasteiger partial charge is 0.230 e. The van der Waals surface area contributed by atoms with Crippen LogP contribution in [-0.4, -0.2) is 55.0 Å². The molecule has 0 radical (unpaired) electrons. The van der Waals surface area contributed by atoms with E-state index in [1.807, 2.05) is 4.90 Å². The number of hydrogen-bond acceptors (Lipinski definition) is 3. The highest BCUT2D eigenvalue weighted by Gasteiger charge is 2.48. The van der Waals surface area contributed by atoms with Crippen LogP contribution in [-0.2, 0) is 4.79 Å². The molecule has 0 spiro atoms. The molecule has 1 saturated carbocycles. The van der Waals surface area contributed by atoms with Crippen LogP contribution in [0.1, 0.15) is 47.0 Å². The monoisotopic (exact) mass is 283 g/mol. The SMILES string of the molecule is CCN(CC)CCCN(CC)C(=O)C1(CN)CC(C)C1. The Kier molecular flexibility index (Phi) is 6.96. The summed E-state index contributed by atoms with van der Waals surface area (Å²) in [6, 6.07) is 0. The third kappa shape index (κ3) is 3.95. The zero-order valence-corrected chi connectivity index (χ0v) is 13.8. The second-order valence-corrected chi connectivity index (χ2v) is 6.26. The number of carbonyl (C=O) groups is 1. The van der Waals surface area contributed by atoms with E-state index in [9.17, 15) is 4.79 Å². The molecule has 0 saturated heterocycles. The van der Waals surface area contributed by atoms with Gasteiger partial charge in [-0.15, -0.1) is 0 Å². The van der Waals surface area contributed by atoms with Gasteiger partial charge in [0, 0.05) is 19.6 Å². The standard InChI is InChI=1S/C16H33N3O/c1-5-18(6-2)9-8-10-19(7-3)15(20)16(13-17)11-14(4)12-16/h14H,5-13,17H2,1-4H3. The summed E-state index contributed by atoms with van der Waals surface area (Å²) in [6.07, 6.45) is 2.99. The topological polar surface area (TPSA) is 49.6 Å². The second-order valence-electron chi connectivity index (χ2n) is 6.26. The predicted molar refractivity (Wildman–Crippen MR) is 84.5 cm³/mol. The second kappa shape index (κ2) is 7.99. The van der Waals surface area contributed by atoms with Crippen molar-refractivity contribution in [1.29, 1.82) is 0 Å². The summed E-state index contributed by atoms with van der Waals surface area (Å²) < 4.78 is 0. The van der Waals surface area contributed by atoms with Crippen LogP contribution in [0.15, 0.2) is 0 Å². The third-order valence-electron chi connectivity index (χ3n) is 4.79. The molecule has 4 heteroatoms. The molecule has 0 aromatic rings. The highest BCUT2D eigenvalue weighted by Crippen LogP contribution is 2.45. The lowest BCUT2D eigenvalue weighted by Gasteiger charge is -2.46. The van der Waals surface area contributed by atoms with E-state index in [0.29, 0.717) is 18.4 Å². The molecule has 0 atom stereocenters. The minimum Gasteiger partial charge on any atom is -0.342 e. The van der Waals surface area contributed by atoms with E-state index in [1.165, 1.54) is 0 Å². The summed E-state index contributed by atoms with van der Waals surface area (Å²) in [5.41, 5.74) is 5.64. The van der Waals surface area contributed by atoms with E-state index in [-0.39, 0.29) is 5.41 Å². The molecule has 0 aromatic carbocycles. The first-order valence-corrected chi connectivity index (χ1v) is 8.24. The van der Waals surface area contributed by atoms with Gasteiger partial charge in [-0.25, -0.2) is 0 Å². The van der Waals surface area contributed by atoms with Gasteiger partial charge < -0.3 is 15.5 Å². The molecule has 0 bridgehead atoms. The lowest BCUT2D eigenvalue weighted by atomic mass is 9.62. The Bertz CT molecular complexity index is 296. The van der Waals surface area contributed by atoms with Crippen LogP contribution in [0.4, 0.5) is 0 Å². The number of amides is 1. The summed E-state index contributed by atoms with van der Waals surface area (Å²) in [5, 5.41) is 0. The van der Waals surface area contributed by atoms with Gasteiger partial charge in [-0.1, -0.05) is 20.8 Å². The van der Waals surface area contributed by atoms with Crippen LogP contribution in [0.2, 0.25) is 0 Å². The molecule has 118 valence electrons. The van der Waals surface area contributed by atoms with Crippen LogP contribution < -0.4 is 5.73 Å². The molecule has 1 aliphatic carbocycles. The predicted octanol–water partition coefficient (Wildman–Crippen LogP) is 1.94. The van der Waals surface area contributed by atoms with Crippen molar-refractivity contribution in [2.45, 2.75) is 47.0 Å². The highest BCUT2D eigenvalue weighted by atomic mass is 16.2. The number of nitrogens with two attached hydrogens (primary N) is 1. The van der Waals surface area contributed by atoms with Gasteiger partial charge in [-0.2, -0.15) is 0 Å². The first-order valence-electron chi connectivity index (χ1n) is 8.24. The van der Waals surface area contributed by atoms with Gasteiger partial charge in [0.05, 0.1) is 5.41 Å². The van der Waals surface area contributed by atoms with Gasteiger partial charge in [0.25, 0.3) is 0 Å². The Morgan fingerprint density at radius 3 is 2.15 bits per heavy atom. The average Bonchev–Trinajstić information content (AvgIpc) is 2.43. The molecule has 0 aliphatic heterocycles. The lowest BCUT2D eigenvalue weighted by molar-refractivity contribution is -0.149. The number of nitrogens with zero attached hydrogens (tertiary/aromatic N) is 2. The molecule has 1 fully saturated rings. The maximum atomic E-state index is 12.7. The summed E-state index contributed by atoms with van der Waals surface area (Å²) in [6.45, 7) is 14.1. The Balaban J connectivity index is 2.47. The van der Waals surface area contributed by atoms with Crippen molar-refractivity contribution in [3.05, 3.63) is 0 Å². The van der Waals surface area contributed by atoms with E-state index in [1.54, 1.807) is 0 Å². The van der Waals surface area contributed by atoms with E-state index >= 15 is 0 Å². The van der Waals surface area contributed by atoms with Gasteiger partial charge in [-0.3, -0.25) is 4.79 Å². The van der Waals surface area contributed by atoms with Gasteiger partial charge in [0.2, 0.25) is 5.91 Å².